The number of aromatic nitrogens is 1. The Morgan fingerprint density at radius 2 is 2.04 bits per heavy atom. The number of carbonyl (C=O) groups is 1. The molecule has 1 aromatic heterocycles. The van der Waals surface area contributed by atoms with Gasteiger partial charge in [0.2, 0.25) is 0 Å². The standard InChI is InChI=1S/C22H27FN4O/c1-22(2)15-27(19-7-4-10-24-20(19)22)21(28)25-18-8-11-26(12-9-18)14-16-5-3-6-17(23)13-16/h3-7,10,13,18H,8-9,11-12,14-15H2,1-2H3,(H,25,28). The van der Waals surface area contributed by atoms with Gasteiger partial charge in [-0.3, -0.25) is 14.8 Å². The molecule has 1 saturated heterocycles. The van der Waals surface area contributed by atoms with Gasteiger partial charge < -0.3 is 5.32 Å². The van der Waals surface area contributed by atoms with Gasteiger partial charge in [-0.05, 0) is 42.7 Å². The summed E-state index contributed by atoms with van der Waals surface area (Å²) in [6.07, 6.45) is 3.59. The topological polar surface area (TPSA) is 48.5 Å². The van der Waals surface area contributed by atoms with E-state index in [1.807, 2.05) is 23.1 Å². The lowest BCUT2D eigenvalue weighted by atomic mass is 9.91. The fourth-order valence-electron chi connectivity index (χ4n) is 4.25. The number of hydrogen-bond acceptors (Lipinski definition) is 3. The highest BCUT2D eigenvalue weighted by Gasteiger charge is 2.39. The molecule has 2 aliphatic rings. The second-order valence-electron chi connectivity index (χ2n) is 8.47. The molecule has 3 heterocycles. The molecule has 6 heteroatoms. The number of carbonyl (C=O) groups excluding carboxylic acids is 1. The third kappa shape index (κ3) is 3.87. The average molecular weight is 382 g/mol. The summed E-state index contributed by atoms with van der Waals surface area (Å²) in [6, 6.07) is 10.7. The van der Waals surface area contributed by atoms with Crippen molar-refractivity contribution in [2.45, 2.75) is 44.7 Å². The molecule has 1 fully saturated rings. The summed E-state index contributed by atoms with van der Waals surface area (Å²) in [7, 11) is 0. The van der Waals surface area contributed by atoms with Crippen LogP contribution in [0.5, 0.6) is 0 Å². The zero-order valence-electron chi connectivity index (χ0n) is 16.5. The van der Waals surface area contributed by atoms with Crippen LogP contribution < -0.4 is 10.2 Å². The number of halogens is 1. The van der Waals surface area contributed by atoms with Crippen molar-refractivity contribution in [3.63, 3.8) is 0 Å². The molecule has 0 unspecified atom stereocenters. The summed E-state index contributed by atoms with van der Waals surface area (Å²) in [5.41, 5.74) is 2.75. The second kappa shape index (κ2) is 7.51. The van der Waals surface area contributed by atoms with Crippen molar-refractivity contribution in [3.05, 3.63) is 59.7 Å². The van der Waals surface area contributed by atoms with Gasteiger partial charge in [0.25, 0.3) is 0 Å². The highest BCUT2D eigenvalue weighted by Crippen LogP contribution is 2.38. The molecular weight excluding hydrogens is 355 g/mol. The van der Waals surface area contributed by atoms with Crippen molar-refractivity contribution in [3.8, 4) is 0 Å². The predicted octanol–water partition coefficient (Wildman–Crippen LogP) is 3.69. The third-order valence-corrected chi connectivity index (χ3v) is 5.73. The predicted molar refractivity (Wildman–Crippen MR) is 108 cm³/mol. The van der Waals surface area contributed by atoms with Crippen LogP contribution >= 0.6 is 0 Å². The number of nitrogens with zero attached hydrogens (tertiary/aromatic N) is 3. The molecule has 0 bridgehead atoms. The summed E-state index contributed by atoms with van der Waals surface area (Å²) in [5, 5.41) is 3.21. The minimum absolute atomic E-state index is 0.0385. The van der Waals surface area contributed by atoms with Crippen LogP contribution in [0.3, 0.4) is 0 Å². The van der Waals surface area contributed by atoms with E-state index in [0.717, 1.165) is 49.4 Å². The zero-order chi connectivity index (χ0) is 19.7. The molecule has 28 heavy (non-hydrogen) atoms. The number of rotatable bonds is 3. The van der Waals surface area contributed by atoms with Crippen LogP contribution in [0.2, 0.25) is 0 Å². The number of hydrogen-bond donors (Lipinski definition) is 1. The average Bonchev–Trinajstić information content (AvgIpc) is 2.95. The molecule has 0 spiro atoms. The number of benzene rings is 1. The lowest BCUT2D eigenvalue weighted by molar-refractivity contribution is 0.188. The molecule has 5 nitrogen and oxygen atoms in total. The van der Waals surface area contributed by atoms with Crippen LogP contribution in [-0.2, 0) is 12.0 Å². The number of likely N-dealkylation sites (tertiary alicyclic amines) is 1. The maximum absolute atomic E-state index is 13.4. The molecule has 1 N–H and O–H groups in total. The number of amides is 2. The first-order chi connectivity index (χ1) is 13.4. The molecule has 0 radical (unpaired) electrons. The Morgan fingerprint density at radius 1 is 1.25 bits per heavy atom. The van der Waals surface area contributed by atoms with Gasteiger partial charge >= 0.3 is 6.03 Å². The quantitative estimate of drug-likeness (QED) is 0.881. The Bertz CT molecular complexity index is 861. The van der Waals surface area contributed by atoms with Gasteiger partial charge in [-0.2, -0.15) is 0 Å². The van der Waals surface area contributed by atoms with E-state index in [2.05, 4.69) is 29.0 Å². The van der Waals surface area contributed by atoms with Crippen LogP contribution in [0, 0.1) is 5.82 Å². The number of fused-ring (bicyclic) bond motifs is 1. The van der Waals surface area contributed by atoms with Gasteiger partial charge in [0, 0.05) is 43.8 Å². The molecule has 1 aromatic carbocycles. The molecular formula is C22H27FN4O. The lowest BCUT2D eigenvalue weighted by Crippen LogP contribution is -2.49. The van der Waals surface area contributed by atoms with Crippen molar-refractivity contribution in [2.75, 3.05) is 24.5 Å². The first-order valence-corrected chi connectivity index (χ1v) is 9.93. The summed E-state index contributed by atoms with van der Waals surface area (Å²) in [4.78, 5) is 21.5. The summed E-state index contributed by atoms with van der Waals surface area (Å²) < 4.78 is 13.4. The molecule has 0 aliphatic carbocycles. The Balaban J connectivity index is 1.32. The first kappa shape index (κ1) is 18.9. The zero-order valence-corrected chi connectivity index (χ0v) is 16.5. The van der Waals surface area contributed by atoms with E-state index >= 15 is 0 Å². The first-order valence-electron chi connectivity index (χ1n) is 9.93. The highest BCUT2D eigenvalue weighted by molar-refractivity contribution is 5.94. The van der Waals surface area contributed by atoms with Gasteiger partial charge in [0.1, 0.15) is 5.82 Å². The van der Waals surface area contributed by atoms with Gasteiger partial charge in [-0.15, -0.1) is 0 Å². The lowest BCUT2D eigenvalue weighted by Gasteiger charge is -2.33. The highest BCUT2D eigenvalue weighted by atomic mass is 19.1. The van der Waals surface area contributed by atoms with E-state index in [1.54, 1.807) is 18.3 Å². The SMILES string of the molecule is CC1(C)CN(C(=O)NC2CCN(Cc3cccc(F)c3)CC2)c2cccnc21. The molecule has 0 atom stereocenters. The van der Waals surface area contributed by atoms with Crippen molar-refractivity contribution in [2.24, 2.45) is 0 Å². The minimum Gasteiger partial charge on any atom is -0.335 e. The second-order valence-corrected chi connectivity index (χ2v) is 8.47. The van der Waals surface area contributed by atoms with E-state index in [1.165, 1.54) is 6.07 Å². The molecule has 4 rings (SSSR count). The van der Waals surface area contributed by atoms with Gasteiger partial charge in [0.15, 0.2) is 0 Å². The molecule has 2 aromatic rings. The van der Waals surface area contributed by atoms with E-state index in [0.29, 0.717) is 6.54 Å². The van der Waals surface area contributed by atoms with E-state index in [9.17, 15) is 9.18 Å². The molecule has 2 amide bonds. The van der Waals surface area contributed by atoms with Crippen molar-refractivity contribution in [1.82, 2.24) is 15.2 Å². The van der Waals surface area contributed by atoms with Crippen LogP contribution in [-0.4, -0.2) is 41.6 Å². The number of anilines is 1. The van der Waals surface area contributed by atoms with E-state index in [-0.39, 0.29) is 23.3 Å². The van der Waals surface area contributed by atoms with E-state index < -0.39 is 0 Å². The van der Waals surface area contributed by atoms with Crippen LogP contribution in [0.25, 0.3) is 0 Å². The number of piperidine rings is 1. The Labute approximate surface area is 165 Å². The molecule has 0 saturated carbocycles. The van der Waals surface area contributed by atoms with Crippen molar-refractivity contribution in [1.29, 1.82) is 0 Å². The van der Waals surface area contributed by atoms with Gasteiger partial charge in [-0.25, -0.2) is 9.18 Å². The fraction of sp³-hybridized carbons (Fsp3) is 0.455. The molecule has 2 aliphatic heterocycles. The number of nitrogens with one attached hydrogen (secondary N) is 1. The smallest absolute Gasteiger partial charge is 0.322 e. The van der Waals surface area contributed by atoms with Crippen LogP contribution in [0.15, 0.2) is 42.6 Å². The fourth-order valence-corrected chi connectivity index (χ4v) is 4.25. The molecule has 148 valence electrons. The summed E-state index contributed by atoms with van der Waals surface area (Å²) >= 11 is 0. The number of pyridine rings is 1. The monoisotopic (exact) mass is 382 g/mol. The third-order valence-electron chi connectivity index (χ3n) is 5.73. The maximum atomic E-state index is 13.4. The van der Waals surface area contributed by atoms with E-state index in [4.69, 9.17) is 0 Å². The normalized spacial score (nSPS) is 19.5. The van der Waals surface area contributed by atoms with Crippen molar-refractivity contribution < 1.29 is 9.18 Å². The van der Waals surface area contributed by atoms with Crippen LogP contribution in [0.1, 0.15) is 37.9 Å². The summed E-state index contributed by atoms with van der Waals surface area (Å²) in [5.74, 6) is -0.192. The van der Waals surface area contributed by atoms with Gasteiger partial charge in [0.05, 0.1) is 11.4 Å². The van der Waals surface area contributed by atoms with Crippen molar-refractivity contribution >= 4 is 11.7 Å². The maximum Gasteiger partial charge on any atom is 0.322 e. The number of urea groups is 1. The summed E-state index contributed by atoms with van der Waals surface area (Å²) in [6.45, 7) is 7.42. The van der Waals surface area contributed by atoms with Gasteiger partial charge in [-0.1, -0.05) is 26.0 Å². The van der Waals surface area contributed by atoms with Crippen LogP contribution in [0.4, 0.5) is 14.9 Å². The Kier molecular flexibility index (Phi) is 5.06. The Hall–Kier alpha value is -2.47. The minimum atomic E-state index is -0.192. The Morgan fingerprint density at radius 3 is 2.79 bits per heavy atom. The largest absolute Gasteiger partial charge is 0.335 e.